The van der Waals surface area contributed by atoms with E-state index in [1.165, 1.54) is 6.07 Å². The molecule has 0 radical (unpaired) electrons. The van der Waals surface area contributed by atoms with Crippen molar-refractivity contribution in [1.29, 1.82) is 0 Å². The fourth-order valence-corrected chi connectivity index (χ4v) is 3.83. The van der Waals surface area contributed by atoms with Crippen LogP contribution in [0.5, 0.6) is 0 Å². The van der Waals surface area contributed by atoms with E-state index in [9.17, 15) is 14.3 Å². The Hall–Kier alpha value is -3.40. The number of halogens is 1. The molecule has 0 fully saturated rings. The zero-order valence-electron chi connectivity index (χ0n) is 16.2. The Kier molecular flexibility index (Phi) is 5.17. The number of aliphatic hydroxyl groups is 1. The molecule has 0 saturated heterocycles. The Labute approximate surface area is 169 Å². The maximum Gasteiger partial charge on any atom is 0.289 e. The average molecular weight is 387 g/mol. The Morgan fingerprint density at radius 1 is 0.931 bits per heavy atom. The van der Waals surface area contributed by atoms with E-state index in [-0.39, 0.29) is 5.76 Å². The summed E-state index contributed by atoms with van der Waals surface area (Å²) in [7, 11) is 0. The topological polar surface area (TPSA) is 40.5 Å². The highest BCUT2D eigenvalue weighted by Gasteiger charge is 2.41. The second kappa shape index (κ2) is 7.92. The van der Waals surface area contributed by atoms with E-state index in [1.54, 1.807) is 23.1 Å². The van der Waals surface area contributed by atoms with Crippen LogP contribution in [0.15, 0.2) is 84.6 Å². The summed E-state index contributed by atoms with van der Waals surface area (Å²) in [4.78, 5) is 14.5. The minimum atomic E-state index is -0.671. The molecule has 1 amide bonds. The van der Waals surface area contributed by atoms with Crippen LogP contribution < -0.4 is 0 Å². The highest BCUT2D eigenvalue weighted by atomic mass is 19.1. The van der Waals surface area contributed by atoms with Crippen LogP contribution in [0.4, 0.5) is 4.39 Å². The van der Waals surface area contributed by atoms with Gasteiger partial charge in [0.25, 0.3) is 5.91 Å². The first-order valence-corrected chi connectivity index (χ1v) is 9.66. The van der Waals surface area contributed by atoms with Crippen LogP contribution in [-0.4, -0.2) is 22.5 Å². The molecule has 1 atom stereocenters. The molecule has 1 N–H and O–H groups in total. The van der Waals surface area contributed by atoms with Crippen LogP contribution in [0, 0.1) is 12.7 Å². The van der Waals surface area contributed by atoms with E-state index in [0.29, 0.717) is 24.1 Å². The molecular weight excluding hydrogens is 365 g/mol. The SMILES string of the molecule is Cc1ccc(C2=C(O)C(=O)N(CCc3ccccc3)[C@@H]2c2ccccc2F)cc1. The number of carbonyl (C=O) groups is 1. The summed E-state index contributed by atoms with van der Waals surface area (Å²) in [6.07, 6.45) is 0.617. The predicted octanol–water partition coefficient (Wildman–Crippen LogP) is 5.23. The van der Waals surface area contributed by atoms with Crippen LogP contribution in [0.1, 0.15) is 28.3 Å². The summed E-state index contributed by atoms with van der Waals surface area (Å²) < 4.78 is 14.7. The van der Waals surface area contributed by atoms with Gasteiger partial charge in [-0.2, -0.15) is 0 Å². The van der Waals surface area contributed by atoms with E-state index in [2.05, 4.69) is 0 Å². The Morgan fingerprint density at radius 2 is 1.59 bits per heavy atom. The summed E-state index contributed by atoms with van der Waals surface area (Å²) in [5, 5.41) is 10.7. The van der Waals surface area contributed by atoms with Gasteiger partial charge in [0.2, 0.25) is 0 Å². The summed E-state index contributed by atoms with van der Waals surface area (Å²) in [6.45, 7) is 2.35. The van der Waals surface area contributed by atoms with Gasteiger partial charge in [-0.05, 0) is 30.5 Å². The molecule has 0 aliphatic carbocycles. The Bertz CT molecular complexity index is 1060. The van der Waals surface area contributed by atoms with Crippen LogP contribution in [-0.2, 0) is 11.2 Å². The molecule has 0 aromatic heterocycles. The molecule has 3 aromatic carbocycles. The molecule has 1 aliphatic rings. The first kappa shape index (κ1) is 18.9. The first-order chi connectivity index (χ1) is 14.1. The van der Waals surface area contributed by atoms with Gasteiger partial charge in [0, 0.05) is 17.7 Å². The van der Waals surface area contributed by atoms with Crippen molar-refractivity contribution in [3.63, 3.8) is 0 Å². The van der Waals surface area contributed by atoms with Crippen LogP contribution in [0.25, 0.3) is 5.57 Å². The molecule has 29 heavy (non-hydrogen) atoms. The van der Waals surface area contributed by atoms with Gasteiger partial charge in [0.15, 0.2) is 5.76 Å². The minimum Gasteiger partial charge on any atom is -0.503 e. The third kappa shape index (κ3) is 3.66. The largest absolute Gasteiger partial charge is 0.503 e. The van der Waals surface area contributed by atoms with Crippen molar-refractivity contribution in [2.75, 3.05) is 6.54 Å². The number of aryl methyl sites for hydroxylation is 1. The van der Waals surface area contributed by atoms with Crippen LogP contribution >= 0.6 is 0 Å². The van der Waals surface area contributed by atoms with Gasteiger partial charge < -0.3 is 10.0 Å². The van der Waals surface area contributed by atoms with Crippen molar-refractivity contribution >= 4 is 11.5 Å². The van der Waals surface area contributed by atoms with Crippen molar-refractivity contribution in [1.82, 2.24) is 4.90 Å². The molecule has 0 spiro atoms. The summed E-state index contributed by atoms with van der Waals surface area (Å²) in [6, 6.07) is 23.2. The number of rotatable bonds is 5. The molecule has 0 bridgehead atoms. The molecule has 146 valence electrons. The molecule has 1 aliphatic heterocycles. The zero-order valence-corrected chi connectivity index (χ0v) is 16.2. The van der Waals surface area contributed by atoms with E-state index in [0.717, 1.165) is 16.7 Å². The van der Waals surface area contributed by atoms with Crippen molar-refractivity contribution in [3.8, 4) is 0 Å². The number of benzene rings is 3. The Morgan fingerprint density at radius 3 is 2.28 bits per heavy atom. The van der Waals surface area contributed by atoms with Gasteiger partial charge in [0.05, 0.1) is 6.04 Å². The second-order valence-corrected chi connectivity index (χ2v) is 7.29. The molecule has 4 heteroatoms. The maximum absolute atomic E-state index is 14.7. The van der Waals surface area contributed by atoms with Gasteiger partial charge in [-0.1, -0.05) is 78.4 Å². The normalized spacial score (nSPS) is 16.6. The Balaban J connectivity index is 1.76. The van der Waals surface area contributed by atoms with Gasteiger partial charge >= 0.3 is 0 Å². The summed E-state index contributed by atoms with van der Waals surface area (Å²) in [5.41, 5.74) is 3.70. The number of amides is 1. The predicted molar refractivity (Wildman–Crippen MR) is 112 cm³/mol. The molecule has 0 unspecified atom stereocenters. The third-order valence-corrected chi connectivity index (χ3v) is 5.35. The standard InChI is InChI=1S/C25H22FNO2/c1-17-11-13-19(14-12-17)22-23(20-9-5-6-10-21(20)26)27(25(29)24(22)28)16-15-18-7-3-2-4-8-18/h2-14,23,28H,15-16H2,1H3/t23-/m1/s1. The smallest absolute Gasteiger partial charge is 0.289 e. The first-order valence-electron chi connectivity index (χ1n) is 9.66. The molecule has 0 saturated carbocycles. The maximum atomic E-state index is 14.7. The minimum absolute atomic E-state index is 0.310. The second-order valence-electron chi connectivity index (χ2n) is 7.29. The monoisotopic (exact) mass is 387 g/mol. The highest BCUT2D eigenvalue weighted by Crippen LogP contribution is 2.43. The van der Waals surface area contributed by atoms with E-state index >= 15 is 0 Å². The van der Waals surface area contributed by atoms with Gasteiger partial charge in [0.1, 0.15) is 5.82 Å². The van der Waals surface area contributed by atoms with Crippen molar-refractivity contribution in [3.05, 3.63) is 113 Å². The van der Waals surface area contributed by atoms with Gasteiger partial charge in [-0.25, -0.2) is 4.39 Å². The molecule has 1 heterocycles. The van der Waals surface area contributed by atoms with Crippen molar-refractivity contribution < 1.29 is 14.3 Å². The van der Waals surface area contributed by atoms with E-state index < -0.39 is 17.8 Å². The number of carbonyl (C=O) groups excluding carboxylic acids is 1. The summed E-state index contributed by atoms with van der Waals surface area (Å²) in [5.74, 6) is -1.17. The van der Waals surface area contributed by atoms with Gasteiger partial charge in [-0.15, -0.1) is 0 Å². The fraction of sp³-hybridized carbons (Fsp3) is 0.160. The number of hydrogen-bond acceptors (Lipinski definition) is 2. The average Bonchev–Trinajstić information content (AvgIpc) is 2.98. The van der Waals surface area contributed by atoms with E-state index in [1.807, 2.05) is 61.5 Å². The molecule has 3 aromatic rings. The lowest BCUT2D eigenvalue weighted by Crippen LogP contribution is -2.32. The molecular formula is C25H22FNO2. The lowest BCUT2D eigenvalue weighted by atomic mass is 9.92. The number of aliphatic hydroxyl groups excluding tert-OH is 1. The van der Waals surface area contributed by atoms with Crippen LogP contribution in [0.2, 0.25) is 0 Å². The summed E-state index contributed by atoms with van der Waals surface area (Å²) >= 11 is 0. The lowest BCUT2D eigenvalue weighted by molar-refractivity contribution is -0.129. The van der Waals surface area contributed by atoms with Crippen molar-refractivity contribution in [2.45, 2.75) is 19.4 Å². The van der Waals surface area contributed by atoms with Crippen LogP contribution in [0.3, 0.4) is 0 Å². The zero-order chi connectivity index (χ0) is 20.4. The fourth-order valence-electron chi connectivity index (χ4n) is 3.83. The molecule has 3 nitrogen and oxygen atoms in total. The highest BCUT2D eigenvalue weighted by molar-refractivity contribution is 6.05. The quantitative estimate of drug-likeness (QED) is 0.651. The number of hydrogen-bond donors (Lipinski definition) is 1. The van der Waals surface area contributed by atoms with Gasteiger partial charge in [-0.3, -0.25) is 4.79 Å². The van der Waals surface area contributed by atoms with Crippen molar-refractivity contribution in [2.24, 2.45) is 0 Å². The number of nitrogens with zero attached hydrogens (tertiary/aromatic N) is 1. The lowest BCUT2D eigenvalue weighted by Gasteiger charge is -2.27. The molecule has 4 rings (SSSR count). The van der Waals surface area contributed by atoms with E-state index in [4.69, 9.17) is 0 Å². The third-order valence-electron chi connectivity index (χ3n) is 5.35.